The van der Waals surface area contributed by atoms with Gasteiger partial charge in [-0.05, 0) is 36.8 Å². The summed E-state index contributed by atoms with van der Waals surface area (Å²) in [6.45, 7) is 5.54. The molecule has 5 rings (SSSR count). The fraction of sp³-hybridized carbons (Fsp3) is 0.429. The van der Waals surface area contributed by atoms with Gasteiger partial charge in [0.1, 0.15) is 12.1 Å². The Morgan fingerprint density at radius 2 is 1.80 bits per heavy atom. The molecule has 2 fully saturated rings. The number of hydrogen-bond acceptors (Lipinski definition) is 9. The molecule has 3 aromatic rings. The van der Waals surface area contributed by atoms with Crippen LogP contribution in [0.1, 0.15) is 12.0 Å². The number of methoxy groups -OCH3 is 1. The number of amides is 2. The van der Waals surface area contributed by atoms with Crippen LogP contribution in [0.5, 0.6) is 11.5 Å². The Balaban J connectivity index is 1.19. The van der Waals surface area contributed by atoms with Gasteiger partial charge in [0.15, 0.2) is 11.5 Å². The fourth-order valence-electron chi connectivity index (χ4n) is 4.90. The average molecular weight is 564 g/mol. The SMILES string of the molecule is COc1cc2c(N3CCN(C(=O)Nc4ccc(C#N)cc4)CC3)ncnc2cc1OCCCN1CCS(=O)CC1. The highest BCUT2D eigenvalue weighted by Crippen LogP contribution is 2.35. The maximum Gasteiger partial charge on any atom is 0.321 e. The van der Waals surface area contributed by atoms with E-state index < -0.39 is 10.8 Å². The highest BCUT2D eigenvalue weighted by atomic mass is 32.2. The van der Waals surface area contributed by atoms with Crippen LogP contribution in [0.3, 0.4) is 0 Å². The first-order valence-corrected chi connectivity index (χ1v) is 14.9. The summed E-state index contributed by atoms with van der Waals surface area (Å²) in [6, 6.07) is 12.5. The highest BCUT2D eigenvalue weighted by Gasteiger charge is 2.24. The summed E-state index contributed by atoms with van der Waals surface area (Å²) in [4.78, 5) is 28.1. The summed E-state index contributed by atoms with van der Waals surface area (Å²) in [5.41, 5.74) is 1.97. The predicted octanol–water partition coefficient (Wildman–Crippen LogP) is 2.70. The number of ether oxygens (including phenoxy) is 2. The van der Waals surface area contributed by atoms with Crippen molar-refractivity contribution in [3.63, 3.8) is 0 Å². The molecule has 2 aliphatic heterocycles. The largest absolute Gasteiger partial charge is 0.493 e. The predicted molar refractivity (Wildman–Crippen MR) is 154 cm³/mol. The smallest absolute Gasteiger partial charge is 0.321 e. The second-order valence-electron chi connectivity index (χ2n) is 9.70. The number of urea groups is 1. The van der Waals surface area contributed by atoms with Crippen LogP contribution in [0.2, 0.25) is 0 Å². The molecule has 0 unspecified atom stereocenters. The summed E-state index contributed by atoms with van der Waals surface area (Å²) in [5, 5.41) is 12.7. The van der Waals surface area contributed by atoms with Crippen LogP contribution in [-0.2, 0) is 10.8 Å². The van der Waals surface area contributed by atoms with E-state index in [2.05, 4.69) is 31.2 Å². The quantitative estimate of drug-likeness (QED) is 0.412. The molecule has 11 nitrogen and oxygen atoms in total. The van der Waals surface area contributed by atoms with Crippen LogP contribution in [0.15, 0.2) is 42.7 Å². The molecule has 3 heterocycles. The van der Waals surface area contributed by atoms with Crippen molar-refractivity contribution in [3.8, 4) is 17.6 Å². The number of hydrogen-bond donors (Lipinski definition) is 1. The molecule has 0 saturated carbocycles. The molecule has 210 valence electrons. The number of aromatic nitrogens is 2. The zero-order chi connectivity index (χ0) is 27.9. The molecule has 2 amide bonds. The van der Waals surface area contributed by atoms with E-state index in [9.17, 15) is 9.00 Å². The van der Waals surface area contributed by atoms with Gasteiger partial charge in [-0.2, -0.15) is 5.26 Å². The summed E-state index contributed by atoms with van der Waals surface area (Å²) in [6.07, 6.45) is 2.42. The Morgan fingerprint density at radius 3 is 2.50 bits per heavy atom. The Hall–Kier alpha value is -3.95. The van der Waals surface area contributed by atoms with E-state index in [1.54, 1.807) is 42.6 Å². The van der Waals surface area contributed by atoms with Crippen molar-refractivity contribution >= 4 is 39.2 Å². The molecular formula is C28H33N7O4S. The molecule has 2 aromatic carbocycles. The van der Waals surface area contributed by atoms with Gasteiger partial charge in [-0.3, -0.25) is 4.21 Å². The fourth-order valence-corrected chi connectivity index (χ4v) is 6.02. The second kappa shape index (κ2) is 12.9. The number of benzene rings is 2. The first-order chi connectivity index (χ1) is 19.5. The number of nitriles is 1. The first-order valence-electron chi connectivity index (χ1n) is 13.4. The maximum absolute atomic E-state index is 12.8. The van der Waals surface area contributed by atoms with Crippen LogP contribution >= 0.6 is 0 Å². The van der Waals surface area contributed by atoms with Gasteiger partial charge in [-0.1, -0.05) is 0 Å². The standard InChI is InChI=1S/C28H33N7O4S/c1-38-25-17-23-24(18-26(25)39-14-2-7-33-12-15-40(37)16-13-33)30-20-31-27(23)34-8-10-35(11-9-34)28(36)32-22-5-3-21(19-29)4-6-22/h3-6,17-18,20H,2,7-16H2,1H3,(H,32,36). The Kier molecular flexibility index (Phi) is 8.93. The van der Waals surface area contributed by atoms with E-state index in [1.807, 2.05) is 12.1 Å². The van der Waals surface area contributed by atoms with Crippen LogP contribution < -0.4 is 19.7 Å². The summed E-state index contributed by atoms with van der Waals surface area (Å²) in [5.74, 6) is 3.57. The van der Waals surface area contributed by atoms with E-state index in [-0.39, 0.29) is 6.03 Å². The Morgan fingerprint density at radius 1 is 1.05 bits per heavy atom. The third-order valence-corrected chi connectivity index (χ3v) is 8.45. The summed E-state index contributed by atoms with van der Waals surface area (Å²) < 4.78 is 23.3. The van der Waals surface area contributed by atoms with E-state index in [0.29, 0.717) is 55.5 Å². The van der Waals surface area contributed by atoms with E-state index >= 15 is 0 Å². The lowest BCUT2D eigenvalue weighted by Crippen LogP contribution is -2.50. The molecule has 0 radical (unpaired) electrons. The van der Waals surface area contributed by atoms with Gasteiger partial charge in [0, 0.05) is 85.3 Å². The second-order valence-corrected chi connectivity index (χ2v) is 11.4. The van der Waals surface area contributed by atoms with Crippen molar-refractivity contribution in [2.24, 2.45) is 0 Å². The summed E-state index contributed by atoms with van der Waals surface area (Å²) >= 11 is 0. The van der Waals surface area contributed by atoms with Crippen LogP contribution in [0.4, 0.5) is 16.3 Å². The van der Waals surface area contributed by atoms with Gasteiger partial charge in [0.05, 0.1) is 30.9 Å². The lowest BCUT2D eigenvalue weighted by molar-refractivity contribution is 0.208. The third-order valence-electron chi connectivity index (χ3n) is 7.18. The van der Waals surface area contributed by atoms with E-state index in [0.717, 1.165) is 54.3 Å². The number of carbonyl (C=O) groups excluding carboxylic acids is 1. The molecule has 1 aromatic heterocycles. The molecule has 0 aliphatic carbocycles. The maximum atomic E-state index is 12.8. The third kappa shape index (κ3) is 6.60. The number of nitrogens with zero attached hydrogens (tertiary/aromatic N) is 6. The topological polar surface area (TPSA) is 124 Å². The monoisotopic (exact) mass is 563 g/mol. The zero-order valence-electron chi connectivity index (χ0n) is 22.5. The number of carbonyl (C=O) groups is 1. The molecule has 2 saturated heterocycles. The van der Waals surface area contributed by atoms with Gasteiger partial charge in [0.25, 0.3) is 0 Å². The van der Waals surface area contributed by atoms with Crippen LogP contribution in [0, 0.1) is 11.3 Å². The number of fused-ring (bicyclic) bond motifs is 1. The van der Waals surface area contributed by atoms with E-state index in [4.69, 9.17) is 14.7 Å². The van der Waals surface area contributed by atoms with Crippen molar-refractivity contribution < 1.29 is 18.5 Å². The normalized spacial score (nSPS) is 16.5. The minimum atomic E-state index is -0.666. The molecule has 0 spiro atoms. The number of piperazine rings is 1. The lowest BCUT2D eigenvalue weighted by atomic mass is 10.2. The van der Waals surface area contributed by atoms with Gasteiger partial charge in [0.2, 0.25) is 0 Å². The number of anilines is 2. The zero-order valence-corrected chi connectivity index (χ0v) is 23.4. The van der Waals surface area contributed by atoms with Crippen molar-refractivity contribution in [1.82, 2.24) is 19.8 Å². The van der Waals surface area contributed by atoms with Crippen molar-refractivity contribution in [3.05, 3.63) is 48.3 Å². The van der Waals surface area contributed by atoms with Crippen molar-refractivity contribution in [2.75, 3.05) is 81.3 Å². The van der Waals surface area contributed by atoms with Crippen molar-refractivity contribution in [2.45, 2.75) is 6.42 Å². The molecular weight excluding hydrogens is 530 g/mol. The Bertz CT molecular complexity index is 1390. The molecule has 1 N–H and O–H groups in total. The minimum Gasteiger partial charge on any atom is -0.493 e. The number of rotatable bonds is 8. The number of nitrogens with one attached hydrogen (secondary N) is 1. The molecule has 2 aliphatic rings. The Labute approximate surface area is 236 Å². The summed E-state index contributed by atoms with van der Waals surface area (Å²) in [7, 11) is 0.956. The molecule has 0 atom stereocenters. The van der Waals surface area contributed by atoms with Crippen LogP contribution in [-0.4, -0.2) is 101 Å². The van der Waals surface area contributed by atoms with Gasteiger partial charge < -0.3 is 29.5 Å². The average Bonchev–Trinajstić information content (AvgIpc) is 3.00. The van der Waals surface area contributed by atoms with Crippen LogP contribution in [0.25, 0.3) is 10.9 Å². The minimum absolute atomic E-state index is 0.171. The lowest BCUT2D eigenvalue weighted by Gasteiger charge is -2.35. The molecule has 40 heavy (non-hydrogen) atoms. The highest BCUT2D eigenvalue weighted by molar-refractivity contribution is 7.85. The van der Waals surface area contributed by atoms with E-state index in [1.165, 1.54) is 0 Å². The molecule has 0 bridgehead atoms. The first kappa shape index (κ1) is 27.6. The van der Waals surface area contributed by atoms with Crippen molar-refractivity contribution in [1.29, 1.82) is 5.26 Å². The van der Waals surface area contributed by atoms with Gasteiger partial charge in [-0.15, -0.1) is 0 Å². The van der Waals surface area contributed by atoms with Gasteiger partial charge >= 0.3 is 6.03 Å². The molecule has 12 heteroatoms. The van der Waals surface area contributed by atoms with Gasteiger partial charge in [-0.25, -0.2) is 14.8 Å².